The van der Waals surface area contributed by atoms with E-state index in [0.29, 0.717) is 18.2 Å². The first-order chi connectivity index (χ1) is 13.8. The fourth-order valence-corrected chi connectivity index (χ4v) is 3.39. The number of carbonyl (C=O) groups is 2. The molecule has 5 nitrogen and oxygen atoms in total. The van der Waals surface area contributed by atoms with E-state index >= 15 is 0 Å². The predicted octanol–water partition coefficient (Wildman–Crippen LogP) is 3.50. The summed E-state index contributed by atoms with van der Waals surface area (Å²) in [5, 5.41) is 2.90. The van der Waals surface area contributed by atoms with Gasteiger partial charge < -0.3 is 10.2 Å². The Hall–Kier alpha value is -2.73. The predicted molar refractivity (Wildman–Crippen MR) is 112 cm³/mol. The quantitative estimate of drug-likeness (QED) is 0.742. The Labute approximate surface area is 171 Å². The van der Waals surface area contributed by atoms with E-state index in [1.807, 2.05) is 36.9 Å². The highest BCUT2D eigenvalue weighted by Gasteiger charge is 2.31. The van der Waals surface area contributed by atoms with Crippen molar-refractivity contribution in [1.82, 2.24) is 9.80 Å². The summed E-state index contributed by atoms with van der Waals surface area (Å²) >= 11 is 0. The molecule has 0 atom stereocenters. The van der Waals surface area contributed by atoms with Crippen molar-refractivity contribution < 1.29 is 14.0 Å². The van der Waals surface area contributed by atoms with Crippen LogP contribution in [0.4, 0.5) is 10.1 Å². The van der Waals surface area contributed by atoms with Gasteiger partial charge in [0.25, 0.3) is 0 Å². The van der Waals surface area contributed by atoms with Gasteiger partial charge in [-0.3, -0.25) is 14.5 Å². The number of amides is 2. The van der Waals surface area contributed by atoms with Crippen LogP contribution >= 0.6 is 0 Å². The van der Waals surface area contributed by atoms with Gasteiger partial charge in [0, 0.05) is 30.9 Å². The zero-order valence-electron chi connectivity index (χ0n) is 17.2. The number of nitrogens with zero attached hydrogens (tertiary/aromatic N) is 2. The van der Waals surface area contributed by atoms with E-state index in [1.54, 1.807) is 25.2 Å². The summed E-state index contributed by atoms with van der Waals surface area (Å²) in [5.41, 5.74) is 3.34. The van der Waals surface area contributed by atoms with E-state index < -0.39 is 0 Å². The molecule has 0 spiro atoms. The van der Waals surface area contributed by atoms with Crippen LogP contribution in [-0.4, -0.2) is 47.8 Å². The number of para-hydroxylation sites is 1. The number of nitrogens with one attached hydrogen (secondary N) is 1. The van der Waals surface area contributed by atoms with Crippen molar-refractivity contribution in [1.29, 1.82) is 0 Å². The number of likely N-dealkylation sites (N-methyl/N-ethyl adjacent to an activating group) is 1. The molecule has 1 aliphatic rings. The van der Waals surface area contributed by atoms with Crippen LogP contribution in [0.5, 0.6) is 0 Å². The number of carbonyl (C=O) groups excluding carboxylic acids is 2. The number of benzene rings is 2. The van der Waals surface area contributed by atoms with E-state index in [1.165, 1.54) is 11.0 Å². The van der Waals surface area contributed by atoms with E-state index in [4.69, 9.17) is 0 Å². The molecule has 0 saturated heterocycles. The van der Waals surface area contributed by atoms with E-state index in [9.17, 15) is 14.0 Å². The van der Waals surface area contributed by atoms with Gasteiger partial charge in [-0.1, -0.05) is 36.4 Å². The molecule has 0 heterocycles. The first kappa shape index (κ1) is 21.0. The molecule has 154 valence electrons. The molecule has 3 rings (SSSR count). The minimum absolute atomic E-state index is 0.0230. The highest BCUT2D eigenvalue weighted by atomic mass is 19.1. The second-order valence-electron chi connectivity index (χ2n) is 7.79. The van der Waals surface area contributed by atoms with Crippen molar-refractivity contribution in [2.24, 2.45) is 0 Å². The third-order valence-electron chi connectivity index (χ3n) is 5.28. The molecule has 0 aliphatic heterocycles. The second-order valence-corrected chi connectivity index (χ2v) is 7.79. The van der Waals surface area contributed by atoms with E-state index in [2.05, 4.69) is 5.32 Å². The fraction of sp³-hybridized carbons (Fsp3) is 0.391. The number of anilines is 1. The molecule has 29 heavy (non-hydrogen) atoms. The number of hydrogen-bond donors (Lipinski definition) is 1. The molecule has 2 amide bonds. The molecular formula is C23H28FN3O2. The third kappa shape index (κ3) is 5.64. The highest BCUT2D eigenvalue weighted by molar-refractivity contribution is 5.95. The van der Waals surface area contributed by atoms with Gasteiger partial charge in [-0.15, -0.1) is 0 Å². The van der Waals surface area contributed by atoms with Crippen LogP contribution in [0.25, 0.3) is 0 Å². The Bertz CT molecular complexity index is 875. The minimum atomic E-state index is -0.257. The Morgan fingerprint density at radius 3 is 2.31 bits per heavy atom. The SMILES string of the molecule is Cc1cccc(C)c1NC(=O)CN(C)C(=O)CN(Cc1ccccc1F)C1CC1. The maximum absolute atomic E-state index is 14.0. The van der Waals surface area contributed by atoms with Gasteiger partial charge in [-0.25, -0.2) is 4.39 Å². The van der Waals surface area contributed by atoms with Gasteiger partial charge in [0.2, 0.25) is 11.8 Å². The van der Waals surface area contributed by atoms with E-state index in [0.717, 1.165) is 29.7 Å². The standard InChI is InChI=1S/C23H28FN3O2/c1-16-7-6-8-17(2)23(16)25-21(28)14-26(3)22(29)15-27(19-11-12-19)13-18-9-4-5-10-20(18)24/h4-10,19H,11-15H2,1-3H3,(H,25,28). The first-order valence-electron chi connectivity index (χ1n) is 9.92. The average molecular weight is 397 g/mol. The second kappa shape index (κ2) is 9.18. The van der Waals surface area contributed by atoms with Crippen LogP contribution in [-0.2, 0) is 16.1 Å². The maximum Gasteiger partial charge on any atom is 0.243 e. The first-order valence-corrected chi connectivity index (χ1v) is 9.92. The number of aryl methyl sites for hydroxylation is 2. The Balaban J connectivity index is 1.57. The van der Waals surface area contributed by atoms with Gasteiger partial charge >= 0.3 is 0 Å². The molecule has 6 heteroatoms. The normalized spacial score (nSPS) is 13.4. The summed E-state index contributed by atoms with van der Waals surface area (Å²) < 4.78 is 14.0. The van der Waals surface area contributed by atoms with Crippen molar-refractivity contribution in [3.05, 3.63) is 65.0 Å². The van der Waals surface area contributed by atoms with Crippen LogP contribution in [0, 0.1) is 19.7 Å². The van der Waals surface area contributed by atoms with Crippen LogP contribution in [0.1, 0.15) is 29.5 Å². The lowest BCUT2D eigenvalue weighted by Crippen LogP contribution is -2.42. The van der Waals surface area contributed by atoms with Crippen molar-refractivity contribution in [3.63, 3.8) is 0 Å². The van der Waals surface area contributed by atoms with Crippen LogP contribution in [0.15, 0.2) is 42.5 Å². The number of halogens is 1. The fourth-order valence-electron chi connectivity index (χ4n) is 3.39. The lowest BCUT2D eigenvalue weighted by Gasteiger charge is -2.25. The molecule has 1 aliphatic carbocycles. The lowest BCUT2D eigenvalue weighted by atomic mass is 10.1. The average Bonchev–Trinajstić information content (AvgIpc) is 3.51. The molecule has 0 aromatic heterocycles. The molecule has 1 fully saturated rings. The molecule has 0 unspecified atom stereocenters. The van der Waals surface area contributed by atoms with E-state index in [-0.39, 0.29) is 30.7 Å². The summed E-state index contributed by atoms with van der Waals surface area (Å²) in [6.07, 6.45) is 2.02. The number of rotatable bonds is 8. The van der Waals surface area contributed by atoms with Gasteiger partial charge in [-0.2, -0.15) is 0 Å². The molecule has 1 N–H and O–H groups in total. The molecular weight excluding hydrogens is 369 g/mol. The zero-order valence-corrected chi connectivity index (χ0v) is 17.2. The largest absolute Gasteiger partial charge is 0.335 e. The third-order valence-corrected chi connectivity index (χ3v) is 5.28. The zero-order chi connectivity index (χ0) is 21.0. The van der Waals surface area contributed by atoms with Crippen LogP contribution < -0.4 is 5.32 Å². The summed E-state index contributed by atoms with van der Waals surface area (Å²) in [6.45, 7) is 4.42. The number of hydrogen-bond acceptors (Lipinski definition) is 3. The maximum atomic E-state index is 14.0. The summed E-state index contributed by atoms with van der Waals surface area (Å²) in [6, 6.07) is 12.8. The summed E-state index contributed by atoms with van der Waals surface area (Å²) in [4.78, 5) is 28.6. The van der Waals surface area contributed by atoms with Gasteiger partial charge in [-0.05, 0) is 43.9 Å². The topological polar surface area (TPSA) is 52.7 Å². The Kier molecular flexibility index (Phi) is 6.64. The Morgan fingerprint density at radius 1 is 1.03 bits per heavy atom. The van der Waals surface area contributed by atoms with Crippen molar-refractivity contribution in [3.8, 4) is 0 Å². The van der Waals surface area contributed by atoms with Crippen molar-refractivity contribution in [2.45, 2.75) is 39.3 Å². The Morgan fingerprint density at radius 2 is 1.69 bits per heavy atom. The molecule has 2 aromatic rings. The molecule has 0 bridgehead atoms. The van der Waals surface area contributed by atoms with Gasteiger partial charge in [0.1, 0.15) is 5.82 Å². The molecule has 2 aromatic carbocycles. The smallest absolute Gasteiger partial charge is 0.243 e. The minimum Gasteiger partial charge on any atom is -0.335 e. The summed E-state index contributed by atoms with van der Waals surface area (Å²) in [7, 11) is 1.63. The van der Waals surface area contributed by atoms with Crippen LogP contribution in [0.3, 0.4) is 0 Å². The lowest BCUT2D eigenvalue weighted by molar-refractivity contribution is -0.134. The highest BCUT2D eigenvalue weighted by Crippen LogP contribution is 2.28. The molecule has 1 saturated carbocycles. The monoisotopic (exact) mass is 397 g/mol. The van der Waals surface area contributed by atoms with Crippen molar-refractivity contribution >= 4 is 17.5 Å². The van der Waals surface area contributed by atoms with Gasteiger partial charge in [0.15, 0.2) is 0 Å². The molecule has 0 radical (unpaired) electrons. The van der Waals surface area contributed by atoms with Crippen LogP contribution in [0.2, 0.25) is 0 Å². The van der Waals surface area contributed by atoms with Gasteiger partial charge in [0.05, 0.1) is 13.1 Å². The van der Waals surface area contributed by atoms with Crippen molar-refractivity contribution in [2.75, 3.05) is 25.5 Å². The summed E-state index contributed by atoms with van der Waals surface area (Å²) in [5.74, 6) is -0.637.